The summed E-state index contributed by atoms with van der Waals surface area (Å²) in [4.78, 5) is 0. The normalized spacial score (nSPS) is 10.9. The minimum atomic E-state index is 0. The third-order valence-corrected chi connectivity index (χ3v) is 6.82. The van der Waals surface area contributed by atoms with E-state index in [0.717, 1.165) is 33.6 Å². The summed E-state index contributed by atoms with van der Waals surface area (Å²) in [6, 6.07) is 35.4. The fraction of sp³-hybridized carbons (Fsp3) is 0.0690. The number of aromatic nitrogens is 1. The SMILES string of the molecule is Cn1c2c(c3[c-]cccc31)Cc1cc(Br)ccc1-2.[Cl-].[Cl-].[S]=[Zr+2].c1ccc2c(c1)[cH-]c1ccccc12. The Morgan fingerprint density at radius 3 is 2.17 bits per heavy atom. The molecule has 6 aromatic rings. The van der Waals surface area contributed by atoms with Crippen LogP contribution in [0.3, 0.4) is 0 Å². The second kappa shape index (κ2) is 12.1. The molecular weight excluding hydrogens is 636 g/mol. The summed E-state index contributed by atoms with van der Waals surface area (Å²) in [5.74, 6) is 0. The average molecular weight is 657 g/mol. The summed E-state index contributed by atoms with van der Waals surface area (Å²) in [6.45, 7) is 0. The molecule has 0 N–H and O–H groups in total. The van der Waals surface area contributed by atoms with Crippen LogP contribution in [0.25, 0.3) is 43.7 Å². The molecule has 7 rings (SSSR count). The Bertz CT molecular complexity index is 1570. The van der Waals surface area contributed by atoms with Crippen LogP contribution in [0.1, 0.15) is 11.1 Å². The summed E-state index contributed by atoms with van der Waals surface area (Å²) in [7, 11) is 6.32. The molecule has 0 fully saturated rings. The Labute approximate surface area is 244 Å². The first-order chi connectivity index (χ1) is 16.2. The Hall–Kier alpha value is -1.55. The van der Waals surface area contributed by atoms with Gasteiger partial charge < -0.3 is 29.4 Å². The van der Waals surface area contributed by atoms with Gasteiger partial charge in [-0.15, -0.1) is 69.4 Å². The van der Waals surface area contributed by atoms with Crippen LogP contribution in [0.15, 0.2) is 95.5 Å². The van der Waals surface area contributed by atoms with Gasteiger partial charge in [0.15, 0.2) is 0 Å². The van der Waals surface area contributed by atoms with Crippen LogP contribution < -0.4 is 24.8 Å². The van der Waals surface area contributed by atoms with Gasteiger partial charge >= 0.3 is 31.5 Å². The van der Waals surface area contributed by atoms with Crippen LogP contribution in [0.4, 0.5) is 0 Å². The molecule has 1 aliphatic rings. The third-order valence-electron chi connectivity index (χ3n) is 6.33. The number of hydrogen-bond acceptors (Lipinski definition) is 1. The molecule has 1 aromatic heterocycles. The number of rotatable bonds is 0. The van der Waals surface area contributed by atoms with Crippen molar-refractivity contribution in [1.29, 1.82) is 0 Å². The van der Waals surface area contributed by atoms with Gasteiger partial charge in [-0.2, -0.15) is 0 Å². The van der Waals surface area contributed by atoms with Crippen molar-refractivity contribution in [2.24, 2.45) is 7.05 Å². The van der Waals surface area contributed by atoms with Gasteiger partial charge in [0.2, 0.25) is 0 Å². The smallest absolute Gasteiger partial charge is 0.0771 e. The molecule has 0 aliphatic heterocycles. The monoisotopic (exact) mass is 653 g/mol. The molecule has 0 unspecified atom stereocenters. The first kappa shape index (κ1) is 28.0. The first-order valence-corrected chi connectivity index (χ1v) is 14.9. The average Bonchev–Trinajstić information content (AvgIpc) is 3.51. The number of aryl methyl sites for hydroxylation is 1. The van der Waals surface area contributed by atoms with Gasteiger partial charge in [0.1, 0.15) is 0 Å². The summed E-state index contributed by atoms with van der Waals surface area (Å²) in [5, 5.41) is 6.66. The minimum absolute atomic E-state index is 0. The van der Waals surface area contributed by atoms with Gasteiger partial charge in [-0.1, -0.05) is 64.0 Å². The topological polar surface area (TPSA) is 4.93 Å². The minimum Gasteiger partial charge on any atom is -0.126 e. The van der Waals surface area contributed by atoms with Crippen LogP contribution in [-0.2, 0) is 36.1 Å². The molecule has 174 valence electrons. The molecule has 0 bridgehead atoms. The van der Waals surface area contributed by atoms with Gasteiger partial charge in [0, 0.05) is 17.2 Å². The van der Waals surface area contributed by atoms with E-state index in [1.807, 2.05) is 6.07 Å². The van der Waals surface area contributed by atoms with Crippen LogP contribution in [0.5, 0.6) is 0 Å². The van der Waals surface area contributed by atoms with Crippen molar-refractivity contribution < 1.29 is 47.5 Å². The quantitative estimate of drug-likeness (QED) is 0.228. The fourth-order valence-electron chi connectivity index (χ4n) is 4.94. The summed E-state index contributed by atoms with van der Waals surface area (Å²) < 4.78 is 3.45. The molecule has 1 nitrogen and oxygen atoms in total. The second-order valence-corrected chi connectivity index (χ2v) is 9.03. The third kappa shape index (κ3) is 5.15. The standard InChI is InChI=1S/C16H11BrN.C13H9.2ClH.S.Zr/c1-18-15-5-3-2-4-13(15)14-9-10-8-11(17)6-7-12(10)16(14)18;1-3-7-12-10(5-1)9-11-6-2-4-8-13(11)12;;;;/h2-3,5-8H,9H2,1H3;1-9H;2*1H;;/q2*-1;;;;+2/p-2. The maximum Gasteiger partial charge on any atom is -0.0771 e. The van der Waals surface area contributed by atoms with E-state index >= 15 is 0 Å². The number of halogens is 3. The summed E-state index contributed by atoms with van der Waals surface area (Å²) in [6.07, 6.45) is 1.02. The van der Waals surface area contributed by atoms with E-state index in [1.165, 1.54) is 54.8 Å². The van der Waals surface area contributed by atoms with E-state index in [0.29, 0.717) is 0 Å². The molecule has 0 saturated carbocycles. The first-order valence-electron chi connectivity index (χ1n) is 10.7. The summed E-state index contributed by atoms with van der Waals surface area (Å²) in [5.41, 5.74) is 6.82. The molecule has 6 heteroatoms. The van der Waals surface area contributed by atoms with Crippen molar-refractivity contribution in [1.82, 2.24) is 4.57 Å². The van der Waals surface area contributed by atoms with E-state index < -0.39 is 0 Å². The number of fused-ring (bicyclic) bond motifs is 8. The van der Waals surface area contributed by atoms with Crippen molar-refractivity contribution in [2.45, 2.75) is 6.42 Å². The Balaban J connectivity index is 0.000000180. The molecule has 5 aromatic carbocycles. The van der Waals surface area contributed by atoms with Gasteiger partial charge in [-0.25, -0.2) is 0 Å². The maximum absolute atomic E-state index is 4.17. The molecule has 0 saturated heterocycles. The van der Waals surface area contributed by atoms with Crippen LogP contribution >= 0.6 is 24.8 Å². The van der Waals surface area contributed by atoms with Gasteiger partial charge in [0.25, 0.3) is 0 Å². The molecule has 0 amide bonds. The van der Waals surface area contributed by atoms with Crippen LogP contribution in [0, 0.1) is 6.07 Å². The van der Waals surface area contributed by atoms with Crippen molar-refractivity contribution in [3.05, 3.63) is 113 Å². The zero-order chi connectivity index (χ0) is 22.9. The van der Waals surface area contributed by atoms with E-state index in [9.17, 15) is 0 Å². The summed E-state index contributed by atoms with van der Waals surface area (Å²) >= 11 is 4.68. The van der Waals surface area contributed by atoms with Crippen molar-refractivity contribution in [3.8, 4) is 11.3 Å². The van der Waals surface area contributed by atoms with Crippen molar-refractivity contribution >= 4 is 57.2 Å². The van der Waals surface area contributed by atoms with Crippen molar-refractivity contribution in [2.75, 3.05) is 0 Å². The van der Waals surface area contributed by atoms with Gasteiger partial charge in [0.05, 0.1) is 0 Å². The molecule has 0 radical (unpaired) electrons. The number of hydrogen-bond donors (Lipinski definition) is 0. The Morgan fingerprint density at radius 1 is 0.886 bits per heavy atom. The number of benzene rings is 4. The predicted octanol–water partition coefficient (Wildman–Crippen LogP) is 2.68. The number of nitrogens with zero attached hydrogens (tertiary/aromatic N) is 1. The van der Waals surface area contributed by atoms with E-state index in [-0.39, 0.29) is 24.8 Å². The van der Waals surface area contributed by atoms with E-state index in [2.05, 4.69) is 127 Å². The molecule has 0 atom stereocenters. The largest absolute Gasteiger partial charge is 0.126 e. The fourth-order valence-corrected chi connectivity index (χ4v) is 5.35. The zero-order valence-electron chi connectivity index (χ0n) is 18.9. The Morgan fingerprint density at radius 2 is 1.51 bits per heavy atom. The molecular formula is C29H20BrCl2NSZr-2. The van der Waals surface area contributed by atoms with E-state index in [4.69, 9.17) is 0 Å². The van der Waals surface area contributed by atoms with Crippen LogP contribution in [-0.4, -0.2) is 4.57 Å². The molecule has 0 spiro atoms. The van der Waals surface area contributed by atoms with E-state index in [1.54, 1.807) is 0 Å². The molecule has 35 heavy (non-hydrogen) atoms. The van der Waals surface area contributed by atoms with Gasteiger partial charge in [-0.05, 0) is 35.2 Å². The van der Waals surface area contributed by atoms with Gasteiger partial charge in [-0.3, -0.25) is 0 Å². The Kier molecular flexibility index (Phi) is 9.71. The molecule has 1 aliphatic carbocycles. The van der Waals surface area contributed by atoms with Crippen LogP contribution in [0.2, 0.25) is 0 Å². The maximum atomic E-state index is 4.17. The second-order valence-electron chi connectivity index (χ2n) is 8.11. The molecule has 1 heterocycles. The van der Waals surface area contributed by atoms with Crippen molar-refractivity contribution in [3.63, 3.8) is 0 Å². The predicted molar refractivity (Wildman–Crippen MR) is 142 cm³/mol. The zero-order valence-corrected chi connectivity index (χ0v) is 25.2.